The van der Waals surface area contributed by atoms with E-state index < -0.39 is 25.6 Å². The fraction of sp³-hybridized carbons (Fsp3) is 0.889. The third-order valence-electron chi connectivity index (χ3n) is 1.91. The molecule has 0 radical (unpaired) electrons. The van der Waals surface area contributed by atoms with Gasteiger partial charge in [0.1, 0.15) is 0 Å². The molecule has 0 aromatic carbocycles. The van der Waals surface area contributed by atoms with E-state index in [0.717, 1.165) is 0 Å². The van der Waals surface area contributed by atoms with Crippen LogP contribution in [0.4, 0.5) is 4.79 Å². The summed E-state index contributed by atoms with van der Waals surface area (Å²) in [5, 5.41) is 14.1. The Bertz CT molecular complexity index is 319. The molecule has 0 unspecified atom stereocenters. The maximum absolute atomic E-state index is 12.5. The van der Waals surface area contributed by atoms with Crippen LogP contribution < -0.4 is 10.6 Å². The fourth-order valence-corrected chi connectivity index (χ4v) is 3.65. The van der Waals surface area contributed by atoms with Gasteiger partial charge in [-0.15, -0.1) is 0 Å². The molecule has 7 nitrogen and oxygen atoms in total. The van der Waals surface area contributed by atoms with Crippen LogP contribution in [0.2, 0.25) is 0 Å². The quantitative estimate of drug-likeness (QED) is 0.645. The van der Waals surface area contributed by atoms with Gasteiger partial charge in [-0.3, -0.25) is 4.57 Å². The van der Waals surface area contributed by atoms with Gasteiger partial charge >= 0.3 is 13.6 Å². The number of hydrogen-bond donors (Lipinski definition) is 3. The highest BCUT2D eigenvalue weighted by Gasteiger charge is 2.47. The average Bonchev–Trinajstić information content (AvgIpc) is 2.42. The molecule has 0 saturated carbocycles. The predicted molar refractivity (Wildman–Crippen MR) is 61.5 cm³/mol. The van der Waals surface area contributed by atoms with E-state index in [1.165, 1.54) is 0 Å². The molecule has 0 aliphatic carbocycles. The van der Waals surface area contributed by atoms with Crippen LogP contribution in [0, 0.1) is 0 Å². The Morgan fingerprint density at radius 1 is 1.18 bits per heavy atom. The number of carbonyl (C=O) groups excluding carboxylic acids is 1. The molecule has 1 aliphatic heterocycles. The largest absolute Gasteiger partial charge is 0.371 e. The summed E-state index contributed by atoms with van der Waals surface area (Å²) >= 11 is 0. The monoisotopic (exact) mass is 266 g/mol. The van der Waals surface area contributed by atoms with Crippen LogP contribution in [-0.2, 0) is 13.6 Å². The number of aliphatic hydroxyl groups is 1. The van der Waals surface area contributed by atoms with E-state index in [-0.39, 0.29) is 12.2 Å². The van der Waals surface area contributed by atoms with Crippen LogP contribution in [0.25, 0.3) is 0 Å². The van der Waals surface area contributed by atoms with E-state index in [2.05, 4.69) is 10.6 Å². The van der Waals surface area contributed by atoms with Crippen molar-refractivity contribution >= 4 is 13.6 Å². The summed E-state index contributed by atoms with van der Waals surface area (Å²) < 4.78 is 23.1. The van der Waals surface area contributed by atoms with Gasteiger partial charge in [0.2, 0.25) is 0 Å². The normalized spacial score (nSPS) is 25.2. The zero-order valence-corrected chi connectivity index (χ0v) is 11.2. The molecule has 3 N–H and O–H groups in total. The summed E-state index contributed by atoms with van der Waals surface area (Å²) in [7, 11) is -3.62. The second kappa shape index (κ2) is 5.35. The number of urea groups is 1. The second-order valence-corrected chi connectivity index (χ2v) is 6.41. The lowest BCUT2D eigenvalue weighted by Gasteiger charge is -2.28. The van der Waals surface area contributed by atoms with Crippen molar-refractivity contribution in [3.63, 3.8) is 0 Å². The van der Waals surface area contributed by atoms with E-state index >= 15 is 0 Å². The van der Waals surface area contributed by atoms with Crippen molar-refractivity contribution in [2.45, 2.75) is 51.9 Å². The second-order valence-electron chi connectivity index (χ2n) is 4.36. The van der Waals surface area contributed by atoms with Crippen molar-refractivity contribution in [3.05, 3.63) is 0 Å². The van der Waals surface area contributed by atoms with Crippen LogP contribution >= 0.6 is 7.60 Å². The van der Waals surface area contributed by atoms with Crippen molar-refractivity contribution in [2.24, 2.45) is 0 Å². The van der Waals surface area contributed by atoms with Gasteiger partial charge in [0.15, 0.2) is 12.0 Å². The van der Waals surface area contributed by atoms with Gasteiger partial charge in [0, 0.05) is 0 Å². The summed E-state index contributed by atoms with van der Waals surface area (Å²) in [6, 6.07) is -0.595. The predicted octanol–water partition coefficient (Wildman–Crippen LogP) is 0.987. The SMILES string of the molecule is CC(C)OP(=O)(OC(C)C)[C@@H]1NC(=O)N[C@@H]1O. The first-order valence-electron chi connectivity index (χ1n) is 5.46. The van der Waals surface area contributed by atoms with Crippen molar-refractivity contribution < 1.29 is 23.5 Å². The summed E-state index contributed by atoms with van der Waals surface area (Å²) in [4.78, 5) is 11.1. The Morgan fingerprint density at radius 3 is 1.94 bits per heavy atom. The Labute approximate surface area is 100 Å². The topological polar surface area (TPSA) is 96.9 Å². The number of amides is 2. The lowest BCUT2D eigenvalue weighted by Crippen LogP contribution is -2.35. The van der Waals surface area contributed by atoms with E-state index in [9.17, 15) is 14.5 Å². The number of nitrogens with one attached hydrogen (secondary N) is 2. The first-order valence-corrected chi connectivity index (χ1v) is 7.07. The number of rotatable bonds is 5. The van der Waals surface area contributed by atoms with Crippen LogP contribution in [0.15, 0.2) is 0 Å². The third kappa shape index (κ3) is 3.67. The Morgan fingerprint density at radius 2 is 1.65 bits per heavy atom. The number of carbonyl (C=O) groups is 1. The van der Waals surface area contributed by atoms with Crippen LogP contribution in [0.1, 0.15) is 27.7 Å². The molecule has 17 heavy (non-hydrogen) atoms. The minimum atomic E-state index is -3.62. The molecule has 1 saturated heterocycles. The lowest BCUT2D eigenvalue weighted by atomic mass is 10.5. The molecule has 1 fully saturated rings. The summed E-state index contributed by atoms with van der Waals surface area (Å²) in [6.45, 7) is 6.81. The zero-order valence-electron chi connectivity index (χ0n) is 10.3. The molecule has 100 valence electrons. The molecule has 0 spiro atoms. The van der Waals surface area contributed by atoms with Crippen LogP contribution in [0.3, 0.4) is 0 Å². The summed E-state index contributed by atoms with van der Waals surface area (Å²) in [6.07, 6.45) is -1.97. The highest BCUT2D eigenvalue weighted by Crippen LogP contribution is 2.55. The minimum absolute atomic E-state index is 0.343. The van der Waals surface area contributed by atoms with Gasteiger partial charge in [-0.25, -0.2) is 4.79 Å². The van der Waals surface area contributed by atoms with Crippen molar-refractivity contribution in [1.82, 2.24) is 10.6 Å². The van der Waals surface area contributed by atoms with E-state index in [1.807, 2.05) is 0 Å². The Balaban J connectivity index is 2.89. The van der Waals surface area contributed by atoms with Crippen molar-refractivity contribution in [3.8, 4) is 0 Å². The molecule has 1 rings (SSSR count). The van der Waals surface area contributed by atoms with Crippen molar-refractivity contribution in [1.29, 1.82) is 0 Å². The van der Waals surface area contributed by atoms with Gasteiger partial charge in [0.25, 0.3) is 0 Å². The van der Waals surface area contributed by atoms with E-state index in [4.69, 9.17) is 9.05 Å². The maximum Gasteiger partial charge on any atom is 0.357 e. The number of aliphatic hydroxyl groups excluding tert-OH is 1. The number of hydrogen-bond acceptors (Lipinski definition) is 5. The van der Waals surface area contributed by atoms with Gasteiger partial charge in [-0.1, -0.05) is 0 Å². The molecule has 2 atom stereocenters. The Kier molecular flexibility index (Phi) is 4.55. The van der Waals surface area contributed by atoms with Gasteiger partial charge in [-0.05, 0) is 27.7 Å². The molecule has 0 bridgehead atoms. The molecule has 1 aliphatic rings. The molecule has 0 aromatic rings. The van der Waals surface area contributed by atoms with E-state index in [0.29, 0.717) is 0 Å². The first-order chi connectivity index (χ1) is 7.74. The van der Waals surface area contributed by atoms with Crippen LogP contribution in [0.5, 0.6) is 0 Å². The lowest BCUT2D eigenvalue weighted by molar-refractivity contribution is 0.106. The molecular formula is C9H19N2O5P. The summed E-state index contributed by atoms with van der Waals surface area (Å²) in [5.41, 5.74) is 0. The smallest absolute Gasteiger partial charge is 0.357 e. The van der Waals surface area contributed by atoms with E-state index in [1.54, 1.807) is 27.7 Å². The first kappa shape index (κ1) is 14.4. The molecule has 0 aromatic heterocycles. The zero-order chi connectivity index (χ0) is 13.2. The van der Waals surface area contributed by atoms with Gasteiger partial charge < -0.3 is 24.8 Å². The third-order valence-corrected chi connectivity index (χ3v) is 4.44. The van der Waals surface area contributed by atoms with Gasteiger partial charge in [0.05, 0.1) is 12.2 Å². The maximum atomic E-state index is 12.5. The highest BCUT2D eigenvalue weighted by atomic mass is 31.2. The van der Waals surface area contributed by atoms with Crippen LogP contribution in [-0.4, -0.2) is 35.4 Å². The van der Waals surface area contributed by atoms with Gasteiger partial charge in [-0.2, -0.15) is 0 Å². The minimum Gasteiger partial charge on any atom is -0.371 e. The summed E-state index contributed by atoms with van der Waals surface area (Å²) in [5.74, 6) is -1.08. The Hall–Kier alpha value is -0.620. The molecule has 2 amide bonds. The molecule has 1 heterocycles. The molecule has 8 heteroatoms. The van der Waals surface area contributed by atoms with Crippen molar-refractivity contribution in [2.75, 3.05) is 0 Å². The average molecular weight is 266 g/mol. The fourth-order valence-electron chi connectivity index (χ4n) is 1.46. The standard InChI is InChI=1S/C9H19N2O5P/c1-5(2)15-17(14,16-6(3)4)8-7(12)10-9(13)11-8/h5-8,12H,1-4H3,(H2,10,11,13)/t7-,8+/m1/s1. The molecular weight excluding hydrogens is 247 g/mol. The highest BCUT2D eigenvalue weighted by molar-refractivity contribution is 7.54.